The molecule has 11 heteroatoms. The number of piperazine rings is 1. The Labute approximate surface area is 226 Å². The van der Waals surface area contributed by atoms with Crippen molar-refractivity contribution in [3.05, 3.63) is 53.7 Å². The highest BCUT2D eigenvalue weighted by Crippen LogP contribution is 2.35. The average molecular weight is 539 g/mol. The maximum Gasteiger partial charge on any atom is 0.407 e. The number of carbonyl (C=O) groups is 4. The lowest BCUT2D eigenvalue weighted by molar-refractivity contribution is -0.138. The Balaban J connectivity index is 1.59. The Bertz CT molecular complexity index is 1200. The van der Waals surface area contributed by atoms with Gasteiger partial charge in [-0.3, -0.25) is 14.4 Å². The van der Waals surface area contributed by atoms with E-state index in [2.05, 4.69) is 10.3 Å². The fourth-order valence-corrected chi connectivity index (χ4v) is 5.23. The van der Waals surface area contributed by atoms with Crippen molar-refractivity contribution in [3.8, 4) is 11.3 Å². The summed E-state index contributed by atoms with van der Waals surface area (Å²) in [6.07, 6.45) is 1.31. The molecule has 2 fully saturated rings. The number of nitrogens with zero attached hydrogens (tertiary/aromatic N) is 3. The molecule has 1 saturated carbocycles. The first-order chi connectivity index (χ1) is 18.7. The molecule has 39 heavy (non-hydrogen) atoms. The maximum atomic E-state index is 13.5. The van der Waals surface area contributed by atoms with Crippen LogP contribution in [0, 0.1) is 0 Å². The topological polar surface area (TPSA) is 160 Å². The van der Waals surface area contributed by atoms with Crippen LogP contribution in [0.1, 0.15) is 60.5 Å². The minimum Gasteiger partial charge on any atom is -0.481 e. The Morgan fingerprint density at radius 2 is 1.62 bits per heavy atom. The van der Waals surface area contributed by atoms with Crippen LogP contribution in [0.5, 0.6) is 0 Å². The number of hydrogen-bond acceptors (Lipinski definition) is 6. The molecule has 4 N–H and O–H groups in total. The van der Waals surface area contributed by atoms with Crippen molar-refractivity contribution in [2.24, 2.45) is 0 Å². The van der Waals surface area contributed by atoms with Gasteiger partial charge in [-0.15, -0.1) is 0 Å². The van der Waals surface area contributed by atoms with Crippen molar-refractivity contribution in [3.63, 3.8) is 0 Å². The minimum atomic E-state index is -1.11. The van der Waals surface area contributed by atoms with E-state index in [1.54, 1.807) is 6.07 Å². The molecule has 2 unspecified atom stereocenters. The van der Waals surface area contributed by atoms with E-state index < -0.39 is 36.0 Å². The first-order valence-electron chi connectivity index (χ1n) is 13.3. The normalized spacial score (nSPS) is 20.2. The van der Waals surface area contributed by atoms with Crippen LogP contribution in [0.3, 0.4) is 0 Å². The van der Waals surface area contributed by atoms with Crippen LogP contribution in [0.2, 0.25) is 0 Å². The third-order valence-corrected chi connectivity index (χ3v) is 7.42. The molecule has 1 aromatic heterocycles. The van der Waals surface area contributed by atoms with Gasteiger partial charge in [0.1, 0.15) is 11.7 Å². The number of aliphatic hydroxyl groups excluding tert-OH is 1. The van der Waals surface area contributed by atoms with Gasteiger partial charge >= 0.3 is 12.1 Å². The Hall–Kier alpha value is -3.99. The number of nitrogens with one attached hydrogen (secondary N) is 1. The highest BCUT2D eigenvalue weighted by Gasteiger charge is 2.31. The molecule has 1 aliphatic heterocycles. The fourth-order valence-electron chi connectivity index (χ4n) is 5.23. The second-order valence-electron chi connectivity index (χ2n) is 10.0. The molecule has 1 aromatic carbocycles. The minimum absolute atomic E-state index is 0.0768. The van der Waals surface area contributed by atoms with Crippen LogP contribution in [-0.4, -0.2) is 92.3 Å². The summed E-state index contributed by atoms with van der Waals surface area (Å²) in [4.78, 5) is 56.5. The highest BCUT2D eigenvalue weighted by atomic mass is 16.4. The summed E-state index contributed by atoms with van der Waals surface area (Å²) in [5.74, 6) is -2.33. The smallest absolute Gasteiger partial charge is 0.407 e. The van der Waals surface area contributed by atoms with Gasteiger partial charge in [-0.25, -0.2) is 9.78 Å². The van der Waals surface area contributed by atoms with Gasteiger partial charge in [-0.2, -0.15) is 0 Å². The van der Waals surface area contributed by atoms with E-state index in [1.807, 2.05) is 36.4 Å². The number of aliphatic hydroxyl groups is 1. The zero-order chi connectivity index (χ0) is 27.9. The number of rotatable bonds is 8. The summed E-state index contributed by atoms with van der Waals surface area (Å²) in [5.41, 5.74) is 2.23. The zero-order valence-corrected chi connectivity index (χ0v) is 21.7. The number of carboxylic acid groups (broad SMARTS) is 2. The summed E-state index contributed by atoms with van der Waals surface area (Å²) in [6.45, 7) is 0.564. The third-order valence-electron chi connectivity index (χ3n) is 7.42. The number of carbonyl (C=O) groups excluding carboxylic acids is 2. The zero-order valence-electron chi connectivity index (χ0n) is 21.7. The van der Waals surface area contributed by atoms with Crippen molar-refractivity contribution in [1.29, 1.82) is 0 Å². The van der Waals surface area contributed by atoms with E-state index in [9.17, 15) is 34.5 Å². The summed E-state index contributed by atoms with van der Waals surface area (Å²) in [6, 6.07) is 11.8. The average Bonchev–Trinajstić information content (AvgIpc) is 2.95. The van der Waals surface area contributed by atoms with Gasteiger partial charge in [0.15, 0.2) is 0 Å². The second kappa shape index (κ2) is 12.7. The molecule has 0 spiro atoms. The number of carboxylic acids is 1. The summed E-state index contributed by atoms with van der Waals surface area (Å²) in [7, 11) is 0. The van der Waals surface area contributed by atoms with Gasteiger partial charge in [0.2, 0.25) is 5.91 Å². The molecular weight excluding hydrogens is 504 g/mol. The molecule has 3 atom stereocenters. The monoisotopic (exact) mass is 538 g/mol. The van der Waals surface area contributed by atoms with Gasteiger partial charge in [0, 0.05) is 44.1 Å². The van der Waals surface area contributed by atoms with Crippen LogP contribution in [0.15, 0.2) is 42.5 Å². The van der Waals surface area contributed by atoms with Crippen LogP contribution in [0.25, 0.3) is 11.3 Å². The predicted octanol–water partition coefficient (Wildman–Crippen LogP) is 2.55. The molecule has 208 valence electrons. The van der Waals surface area contributed by atoms with Crippen LogP contribution in [0.4, 0.5) is 4.79 Å². The quantitative estimate of drug-likeness (QED) is 0.399. The molecule has 1 aliphatic carbocycles. The van der Waals surface area contributed by atoms with Crippen molar-refractivity contribution >= 4 is 23.9 Å². The van der Waals surface area contributed by atoms with Gasteiger partial charge in [0.05, 0.1) is 11.8 Å². The number of amides is 3. The number of aliphatic carboxylic acids is 1. The molecule has 1 saturated heterocycles. The van der Waals surface area contributed by atoms with Gasteiger partial charge in [-0.1, -0.05) is 43.2 Å². The molecule has 3 amide bonds. The van der Waals surface area contributed by atoms with E-state index in [0.717, 1.165) is 30.4 Å². The van der Waals surface area contributed by atoms with E-state index in [1.165, 1.54) is 9.80 Å². The van der Waals surface area contributed by atoms with Crippen molar-refractivity contribution < 1.29 is 34.5 Å². The van der Waals surface area contributed by atoms with Crippen LogP contribution < -0.4 is 5.32 Å². The lowest BCUT2D eigenvalue weighted by atomic mass is 9.81. The molecule has 2 aliphatic rings. The van der Waals surface area contributed by atoms with Crippen molar-refractivity contribution in [2.75, 3.05) is 26.2 Å². The standard InChI is InChI=1S/C28H34N4O7/c33-24-9-5-4-8-20(24)19-16-22(18-6-2-1-3-7-18)29-23(17-19)26(36)30-21(10-11-25(34)35)27(37)31-12-14-32(15-13-31)28(38)39/h1-3,6-7,16-17,20-21,24,33H,4-5,8-15H2,(H,30,36)(H,34,35)(H,38,39)/t20?,21-,24?/m0/s1. The van der Waals surface area contributed by atoms with E-state index in [0.29, 0.717) is 12.1 Å². The van der Waals surface area contributed by atoms with E-state index in [4.69, 9.17) is 0 Å². The lowest BCUT2D eigenvalue weighted by Crippen LogP contribution is -2.55. The number of aromatic nitrogens is 1. The summed E-state index contributed by atoms with van der Waals surface area (Å²) in [5, 5.41) is 31.8. The third kappa shape index (κ3) is 7.11. The van der Waals surface area contributed by atoms with Crippen LogP contribution in [-0.2, 0) is 9.59 Å². The Kier molecular flexibility index (Phi) is 9.13. The van der Waals surface area contributed by atoms with E-state index in [-0.39, 0.29) is 50.6 Å². The number of benzene rings is 1. The predicted molar refractivity (Wildman–Crippen MR) is 141 cm³/mol. The van der Waals surface area contributed by atoms with E-state index >= 15 is 0 Å². The van der Waals surface area contributed by atoms with Gasteiger partial charge < -0.3 is 30.4 Å². The summed E-state index contributed by atoms with van der Waals surface area (Å²) >= 11 is 0. The Morgan fingerprint density at radius 1 is 0.949 bits per heavy atom. The fraction of sp³-hybridized carbons (Fsp3) is 0.464. The molecule has 0 radical (unpaired) electrons. The number of pyridine rings is 1. The van der Waals surface area contributed by atoms with Gasteiger partial charge in [-0.05, 0) is 37.0 Å². The molecular formula is C28H34N4O7. The second-order valence-corrected chi connectivity index (χ2v) is 10.0. The van der Waals surface area contributed by atoms with Crippen molar-refractivity contribution in [2.45, 2.75) is 56.6 Å². The first kappa shape index (κ1) is 28.0. The highest BCUT2D eigenvalue weighted by molar-refractivity contribution is 5.97. The van der Waals surface area contributed by atoms with Crippen molar-refractivity contribution in [1.82, 2.24) is 20.1 Å². The summed E-state index contributed by atoms with van der Waals surface area (Å²) < 4.78 is 0. The molecule has 4 rings (SSSR count). The lowest BCUT2D eigenvalue weighted by Gasteiger charge is -2.35. The largest absolute Gasteiger partial charge is 0.481 e. The Morgan fingerprint density at radius 3 is 2.26 bits per heavy atom. The molecule has 0 bridgehead atoms. The molecule has 2 heterocycles. The first-order valence-corrected chi connectivity index (χ1v) is 13.3. The molecule has 2 aromatic rings. The van der Waals surface area contributed by atoms with Gasteiger partial charge in [0.25, 0.3) is 5.91 Å². The number of hydrogen-bond donors (Lipinski definition) is 4. The SMILES string of the molecule is O=C(O)CC[C@H](NC(=O)c1cc(C2CCCCC2O)cc(-c2ccccc2)n1)C(=O)N1CCN(C(=O)O)CC1. The van der Waals surface area contributed by atoms with Crippen LogP contribution >= 0.6 is 0 Å². The molecule has 11 nitrogen and oxygen atoms in total. The maximum absolute atomic E-state index is 13.5.